The van der Waals surface area contributed by atoms with Crippen molar-refractivity contribution in [3.05, 3.63) is 60.2 Å². The Hall–Kier alpha value is -3.50. The number of nitrogens with zero attached hydrogens (tertiary/aromatic N) is 3. The number of aliphatic hydroxyl groups is 1. The van der Waals surface area contributed by atoms with Gasteiger partial charge in [0.2, 0.25) is 17.7 Å². The Kier molecular flexibility index (Phi) is 10.1. The molecule has 0 aliphatic carbocycles. The third kappa shape index (κ3) is 5.79. The Balaban J connectivity index is 1.64. The average Bonchev–Trinajstić information content (AvgIpc) is 3.42. The number of ether oxygens (including phenoxy) is 2. The van der Waals surface area contributed by atoms with E-state index in [0.717, 1.165) is 18.4 Å². The Labute approximate surface area is 272 Å². The fourth-order valence-electron chi connectivity index (χ4n) is 7.79. The highest BCUT2D eigenvalue weighted by atomic mass is 16.6. The molecule has 4 heterocycles. The zero-order chi connectivity index (χ0) is 33.3. The van der Waals surface area contributed by atoms with Crippen molar-refractivity contribution >= 4 is 23.7 Å². The number of rotatable bonds is 7. The molecule has 1 aromatic carbocycles. The van der Waals surface area contributed by atoms with Crippen molar-refractivity contribution in [2.24, 2.45) is 17.8 Å². The molecule has 10 nitrogen and oxygen atoms in total. The number of benzene rings is 1. The second-order valence-electron chi connectivity index (χ2n) is 13.6. The van der Waals surface area contributed by atoms with Gasteiger partial charge in [-0.1, -0.05) is 81.8 Å². The van der Waals surface area contributed by atoms with E-state index >= 15 is 0 Å². The van der Waals surface area contributed by atoms with Gasteiger partial charge < -0.3 is 29.3 Å². The van der Waals surface area contributed by atoms with Crippen LogP contribution in [-0.4, -0.2) is 99.6 Å². The molecule has 46 heavy (non-hydrogen) atoms. The molecule has 1 spiro atoms. The maximum Gasteiger partial charge on any atom is 0.313 e. The maximum absolute atomic E-state index is 14.7. The Morgan fingerprint density at radius 1 is 1.04 bits per heavy atom. The second-order valence-corrected chi connectivity index (χ2v) is 13.6. The van der Waals surface area contributed by atoms with E-state index < -0.39 is 59.6 Å². The molecule has 1 unspecified atom stereocenters. The van der Waals surface area contributed by atoms with Gasteiger partial charge in [-0.15, -0.1) is 0 Å². The number of carbonyl (C=O) groups is 4. The molecule has 250 valence electrons. The van der Waals surface area contributed by atoms with Crippen LogP contribution in [0.5, 0.6) is 0 Å². The van der Waals surface area contributed by atoms with Gasteiger partial charge >= 0.3 is 5.97 Å². The molecule has 0 saturated carbocycles. The summed E-state index contributed by atoms with van der Waals surface area (Å²) in [5.41, 5.74) is -0.723. The summed E-state index contributed by atoms with van der Waals surface area (Å²) in [4.78, 5) is 61.9. The van der Waals surface area contributed by atoms with Crippen molar-refractivity contribution in [1.29, 1.82) is 0 Å². The lowest BCUT2D eigenvalue weighted by atomic mass is 9.77. The zero-order valence-corrected chi connectivity index (χ0v) is 27.9. The molecule has 4 aliphatic rings. The number of hydrogen-bond acceptors (Lipinski definition) is 7. The summed E-state index contributed by atoms with van der Waals surface area (Å²) in [6.07, 6.45) is 7.93. The monoisotopic (exact) mass is 635 g/mol. The van der Waals surface area contributed by atoms with Crippen LogP contribution in [0, 0.1) is 17.8 Å². The Morgan fingerprint density at radius 3 is 2.41 bits per heavy atom. The van der Waals surface area contributed by atoms with Gasteiger partial charge in [-0.2, -0.15) is 0 Å². The van der Waals surface area contributed by atoms with E-state index in [2.05, 4.69) is 6.92 Å². The molecule has 9 atom stereocenters. The number of cyclic esters (lactones) is 1. The van der Waals surface area contributed by atoms with Crippen LogP contribution < -0.4 is 0 Å². The molecule has 10 heteroatoms. The van der Waals surface area contributed by atoms with Crippen molar-refractivity contribution in [1.82, 2.24) is 14.7 Å². The van der Waals surface area contributed by atoms with Crippen molar-refractivity contribution in [2.45, 2.75) is 102 Å². The summed E-state index contributed by atoms with van der Waals surface area (Å²) in [6, 6.07) is 6.99. The van der Waals surface area contributed by atoms with Crippen LogP contribution in [0.25, 0.3) is 0 Å². The first-order valence-electron chi connectivity index (χ1n) is 16.7. The fraction of sp³-hybridized carbons (Fsp3) is 0.611. The summed E-state index contributed by atoms with van der Waals surface area (Å²) in [5.74, 6) is -3.63. The van der Waals surface area contributed by atoms with E-state index in [-0.39, 0.29) is 36.8 Å². The summed E-state index contributed by atoms with van der Waals surface area (Å²) in [7, 11) is 1.71. The quantitative estimate of drug-likeness (QED) is 0.359. The van der Waals surface area contributed by atoms with Gasteiger partial charge in [0.05, 0.1) is 30.7 Å². The van der Waals surface area contributed by atoms with Crippen LogP contribution in [0.2, 0.25) is 0 Å². The van der Waals surface area contributed by atoms with Crippen molar-refractivity contribution in [3.8, 4) is 0 Å². The molecule has 1 aromatic rings. The van der Waals surface area contributed by atoms with E-state index in [1.165, 1.54) is 4.90 Å². The molecule has 5 rings (SSSR count). The zero-order valence-electron chi connectivity index (χ0n) is 27.9. The third-order valence-corrected chi connectivity index (χ3v) is 10.5. The highest BCUT2D eigenvalue weighted by molar-refractivity contribution is 5.99. The lowest BCUT2D eigenvalue weighted by Gasteiger charge is -2.41. The average molecular weight is 636 g/mol. The largest absolute Gasteiger partial charge is 0.455 e. The molecule has 1 N–H and O–H groups in total. The van der Waals surface area contributed by atoms with Gasteiger partial charge in [0, 0.05) is 26.1 Å². The van der Waals surface area contributed by atoms with Gasteiger partial charge in [-0.25, -0.2) is 0 Å². The number of likely N-dealkylation sites (N-methyl/N-ethyl adjacent to an activating group) is 1. The molecular weight excluding hydrogens is 586 g/mol. The molecule has 0 bridgehead atoms. The molecule has 2 fully saturated rings. The molecule has 0 aromatic heterocycles. The van der Waals surface area contributed by atoms with Crippen molar-refractivity contribution in [2.75, 3.05) is 20.2 Å². The summed E-state index contributed by atoms with van der Waals surface area (Å²) in [5, 5.41) is 10.6. The van der Waals surface area contributed by atoms with Crippen molar-refractivity contribution < 1.29 is 33.8 Å². The number of allylic oxidation sites excluding steroid dienone is 1. The van der Waals surface area contributed by atoms with Crippen LogP contribution >= 0.6 is 0 Å². The number of fused-ring (bicyclic) bond motifs is 2. The van der Waals surface area contributed by atoms with Gasteiger partial charge in [0.1, 0.15) is 23.7 Å². The highest BCUT2D eigenvalue weighted by Crippen LogP contribution is 2.54. The van der Waals surface area contributed by atoms with Gasteiger partial charge in [0.25, 0.3) is 0 Å². The predicted molar refractivity (Wildman–Crippen MR) is 172 cm³/mol. The second kappa shape index (κ2) is 13.7. The number of amides is 3. The van der Waals surface area contributed by atoms with Crippen LogP contribution in [0.1, 0.15) is 72.0 Å². The van der Waals surface area contributed by atoms with Crippen LogP contribution in [-0.2, 0) is 28.7 Å². The van der Waals surface area contributed by atoms with Crippen molar-refractivity contribution in [3.63, 3.8) is 0 Å². The molecule has 3 amide bonds. The van der Waals surface area contributed by atoms with E-state index in [0.29, 0.717) is 13.0 Å². The number of likely N-dealkylation sites (tertiary alicyclic amines) is 1. The first kappa shape index (κ1) is 33.9. The number of aliphatic hydroxyl groups excluding tert-OH is 1. The number of carbonyl (C=O) groups excluding carboxylic acids is 4. The van der Waals surface area contributed by atoms with E-state index in [4.69, 9.17) is 9.47 Å². The molecule has 4 aliphatic heterocycles. The Bertz CT molecular complexity index is 1360. The number of hydrogen-bond donors (Lipinski definition) is 1. The Morgan fingerprint density at radius 2 is 1.76 bits per heavy atom. The lowest BCUT2D eigenvalue weighted by molar-refractivity contribution is -0.165. The highest BCUT2D eigenvalue weighted by Gasteiger charge is 2.72. The molecule has 2 saturated heterocycles. The smallest absolute Gasteiger partial charge is 0.313 e. The molecular formula is C36H49N3O7. The first-order valence-corrected chi connectivity index (χ1v) is 16.7. The normalized spacial score (nSPS) is 33.9. The summed E-state index contributed by atoms with van der Waals surface area (Å²) < 4.78 is 13.1. The van der Waals surface area contributed by atoms with Crippen LogP contribution in [0.15, 0.2) is 54.6 Å². The first-order chi connectivity index (χ1) is 22.0. The standard InChI is InChI=1S/C36H49N3O7/c1-7-14-23(4)38-20-13-19-36-30(33(42)39(32(36)34(38)43)26(21-40)22(2)3)29-27(46-36)17-11-12-18-28(41)37(6)24(5)31(45-35(29)44)25-15-9-8-10-16-25/h8-11,13,15-17,19,22-24,26-27,29-32,40H,7,12,14,18,20-21H2,1-6H3/b17-11-/t23?,24-,26+,27-,29+,30+,31+,32-,36+/m1/s1. The SMILES string of the molecule is CCCC(C)N1CC=C[C@]23O[C@@H]4/C=C\CCC(=O)N(C)[C@H](C)[C@@H](c5ccccc5)OC(=O)[C@@H]4[C@H]2C(=O)N([C@@H](CO)C(C)C)[C@@H]3C1=O. The summed E-state index contributed by atoms with van der Waals surface area (Å²) >= 11 is 0. The minimum Gasteiger partial charge on any atom is -0.455 e. The minimum absolute atomic E-state index is 0.0812. The van der Waals surface area contributed by atoms with Gasteiger partial charge in [0.15, 0.2) is 0 Å². The molecule has 0 radical (unpaired) electrons. The third-order valence-electron chi connectivity index (χ3n) is 10.5. The number of esters is 1. The lowest BCUT2D eigenvalue weighted by Crippen LogP contribution is -2.60. The van der Waals surface area contributed by atoms with E-state index in [1.54, 1.807) is 22.9 Å². The van der Waals surface area contributed by atoms with E-state index in [1.807, 2.05) is 76.3 Å². The topological polar surface area (TPSA) is 117 Å². The fourth-order valence-corrected chi connectivity index (χ4v) is 7.79. The van der Waals surface area contributed by atoms with Crippen LogP contribution in [0.3, 0.4) is 0 Å². The van der Waals surface area contributed by atoms with E-state index in [9.17, 15) is 24.3 Å². The predicted octanol–water partition coefficient (Wildman–Crippen LogP) is 3.65. The summed E-state index contributed by atoms with van der Waals surface area (Å²) in [6.45, 7) is 9.74. The maximum atomic E-state index is 14.7. The van der Waals surface area contributed by atoms with Gasteiger partial charge in [-0.05, 0) is 38.2 Å². The van der Waals surface area contributed by atoms with Crippen LogP contribution in [0.4, 0.5) is 0 Å². The minimum atomic E-state index is -1.45. The van der Waals surface area contributed by atoms with Gasteiger partial charge in [-0.3, -0.25) is 19.2 Å².